The average molecular weight is 280 g/mol. The molecule has 0 atom stereocenters. The third-order valence-electron chi connectivity index (χ3n) is 2.69. The molecule has 2 aromatic carbocycles. The molecule has 4 nitrogen and oxygen atoms in total. The van der Waals surface area contributed by atoms with Crippen molar-refractivity contribution in [1.29, 1.82) is 0 Å². The van der Waals surface area contributed by atoms with Crippen molar-refractivity contribution in [2.75, 3.05) is 12.4 Å². The van der Waals surface area contributed by atoms with Crippen molar-refractivity contribution < 1.29 is 14.9 Å². The monoisotopic (exact) mass is 279 g/mol. The number of phenolic OH excluding ortho intramolecular Hbond substituents is 2. The lowest BCUT2D eigenvalue weighted by Crippen LogP contribution is -1.99. The fraction of sp³-hybridized carbons (Fsp3) is 0.143. The van der Waals surface area contributed by atoms with Gasteiger partial charge in [0.1, 0.15) is 5.75 Å². The van der Waals surface area contributed by atoms with Crippen molar-refractivity contribution in [3.05, 3.63) is 47.0 Å². The number of benzene rings is 2. The highest BCUT2D eigenvalue weighted by Crippen LogP contribution is 2.28. The number of methoxy groups -OCH3 is 1. The molecule has 0 aromatic heterocycles. The molecule has 2 rings (SSSR count). The summed E-state index contributed by atoms with van der Waals surface area (Å²) in [5.74, 6) is 0.338. The second kappa shape index (κ2) is 5.71. The standard InChI is InChI=1S/C14H14ClNO3/c1-19-14-7-10(3-4-11(14)15)16-8-9-2-5-12(17)13(18)6-9/h2-7,16-18H,8H2,1H3. The summed E-state index contributed by atoms with van der Waals surface area (Å²) in [5.41, 5.74) is 1.71. The van der Waals surface area contributed by atoms with Crippen molar-refractivity contribution in [3.8, 4) is 17.2 Å². The number of aromatic hydroxyl groups is 2. The van der Waals surface area contributed by atoms with Crippen molar-refractivity contribution in [2.24, 2.45) is 0 Å². The maximum absolute atomic E-state index is 9.40. The molecule has 0 aliphatic heterocycles. The highest BCUT2D eigenvalue weighted by molar-refractivity contribution is 6.32. The molecule has 3 N–H and O–H groups in total. The van der Waals surface area contributed by atoms with Crippen LogP contribution in [0.4, 0.5) is 5.69 Å². The molecule has 0 fully saturated rings. The van der Waals surface area contributed by atoms with E-state index in [0.717, 1.165) is 11.3 Å². The second-order valence-corrected chi connectivity index (χ2v) is 4.43. The van der Waals surface area contributed by atoms with Crippen molar-refractivity contribution in [2.45, 2.75) is 6.54 Å². The molecule has 0 heterocycles. The van der Waals surface area contributed by atoms with Crippen molar-refractivity contribution in [3.63, 3.8) is 0 Å². The maximum Gasteiger partial charge on any atom is 0.157 e. The average Bonchev–Trinajstić information content (AvgIpc) is 2.41. The number of ether oxygens (including phenoxy) is 1. The normalized spacial score (nSPS) is 10.2. The van der Waals surface area contributed by atoms with Crippen LogP contribution in [-0.2, 0) is 6.54 Å². The molecule has 0 radical (unpaired) electrons. The smallest absolute Gasteiger partial charge is 0.157 e. The van der Waals surface area contributed by atoms with Gasteiger partial charge in [0.15, 0.2) is 11.5 Å². The van der Waals surface area contributed by atoms with Gasteiger partial charge in [-0.05, 0) is 29.8 Å². The van der Waals surface area contributed by atoms with E-state index in [1.54, 1.807) is 25.3 Å². The number of rotatable bonds is 4. The number of hydrogen-bond acceptors (Lipinski definition) is 4. The Kier molecular flexibility index (Phi) is 4.02. The minimum absolute atomic E-state index is 0.128. The third kappa shape index (κ3) is 3.23. The van der Waals surface area contributed by atoms with Crippen LogP contribution in [0.15, 0.2) is 36.4 Å². The highest BCUT2D eigenvalue weighted by atomic mass is 35.5. The number of phenols is 2. The van der Waals surface area contributed by atoms with E-state index in [1.165, 1.54) is 12.1 Å². The number of nitrogens with one attached hydrogen (secondary N) is 1. The molecular weight excluding hydrogens is 266 g/mol. The molecule has 5 heteroatoms. The van der Waals surface area contributed by atoms with Crippen LogP contribution in [0, 0.1) is 0 Å². The van der Waals surface area contributed by atoms with E-state index in [1.807, 2.05) is 6.07 Å². The highest BCUT2D eigenvalue weighted by Gasteiger charge is 2.03. The SMILES string of the molecule is COc1cc(NCc2ccc(O)c(O)c2)ccc1Cl. The molecule has 0 saturated heterocycles. The fourth-order valence-corrected chi connectivity index (χ4v) is 1.85. The lowest BCUT2D eigenvalue weighted by Gasteiger charge is -2.10. The topological polar surface area (TPSA) is 61.7 Å². The second-order valence-electron chi connectivity index (χ2n) is 4.03. The summed E-state index contributed by atoms with van der Waals surface area (Å²) in [6.45, 7) is 0.513. The van der Waals surface area contributed by atoms with E-state index in [9.17, 15) is 10.2 Å². The molecule has 0 saturated carbocycles. The van der Waals surface area contributed by atoms with Crippen LogP contribution in [-0.4, -0.2) is 17.3 Å². The van der Waals surface area contributed by atoms with Crippen LogP contribution in [0.5, 0.6) is 17.2 Å². The maximum atomic E-state index is 9.40. The summed E-state index contributed by atoms with van der Waals surface area (Å²) in [4.78, 5) is 0. The van der Waals surface area contributed by atoms with Crippen LogP contribution < -0.4 is 10.1 Å². The van der Waals surface area contributed by atoms with E-state index in [4.69, 9.17) is 16.3 Å². The molecule has 0 aliphatic carbocycles. The van der Waals surface area contributed by atoms with Gasteiger partial charge in [-0.25, -0.2) is 0 Å². The van der Waals surface area contributed by atoms with E-state index >= 15 is 0 Å². The summed E-state index contributed by atoms with van der Waals surface area (Å²) in [5, 5.41) is 22.4. The minimum Gasteiger partial charge on any atom is -0.504 e. The minimum atomic E-state index is -0.131. The van der Waals surface area contributed by atoms with Gasteiger partial charge >= 0.3 is 0 Å². The molecule has 0 bridgehead atoms. The van der Waals surface area contributed by atoms with Crippen molar-refractivity contribution >= 4 is 17.3 Å². The van der Waals surface area contributed by atoms with Gasteiger partial charge in [0, 0.05) is 18.3 Å². The van der Waals surface area contributed by atoms with Crippen LogP contribution >= 0.6 is 11.6 Å². The molecular formula is C14H14ClNO3. The van der Waals surface area contributed by atoms with Crippen LogP contribution in [0.1, 0.15) is 5.56 Å². The van der Waals surface area contributed by atoms with Gasteiger partial charge in [0.2, 0.25) is 0 Å². The molecule has 0 unspecified atom stereocenters. The van der Waals surface area contributed by atoms with E-state index in [2.05, 4.69) is 5.32 Å². The molecule has 2 aromatic rings. The zero-order valence-corrected chi connectivity index (χ0v) is 11.1. The van der Waals surface area contributed by atoms with Gasteiger partial charge in [0.25, 0.3) is 0 Å². The van der Waals surface area contributed by atoms with Gasteiger partial charge in [-0.2, -0.15) is 0 Å². The number of anilines is 1. The Labute approximate surface area is 116 Å². The first-order valence-electron chi connectivity index (χ1n) is 5.68. The Morgan fingerprint density at radius 3 is 2.58 bits per heavy atom. The molecule has 0 aliphatic rings. The lowest BCUT2D eigenvalue weighted by atomic mass is 10.2. The van der Waals surface area contributed by atoms with Gasteiger partial charge in [-0.15, -0.1) is 0 Å². The Morgan fingerprint density at radius 2 is 1.89 bits per heavy atom. The predicted octanol–water partition coefficient (Wildman–Crippen LogP) is 3.37. The first kappa shape index (κ1) is 13.4. The summed E-state index contributed by atoms with van der Waals surface area (Å²) < 4.78 is 5.13. The summed E-state index contributed by atoms with van der Waals surface area (Å²) in [7, 11) is 1.56. The van der Waals surface area contributed by atoms with Crippen LogP contribution in [0.2, 0.25) is 5.02 Å². The zero-order valence-electron chi connectivity index (χ0n) is 10.4. The van der Waals surface area contributed by atoms with Crippen molar-refractivity contribution in [1.82, 2.24) is 0 Å². The van der Waals surface area contributed by atoms with Gasteiger partial charge < -0.3 is 20.3 Å². The van der Waals surface area contributed by atoms with Gasteiger partial charge in [-0.1, -0.05) is 17.7 Å². The van der Waals surface area contributed by atoms with E-state index < -0.39 is 0 Å². The first-order valence-corrected chi connectivity index (χ1v) is 6.06. The Bertz CT molecular complexity index is 587. The molecule has 100 valence electrons. The fourth-order valence-electron chi connectivity index (χ4n) is 1.65. The number of hydrogen-bond donors (Lipinski definition) is 3. The zero-order chi connectivity index (χ0) is 13.8. The predicted molar refractivity (Wildman–Crippen MR) is 75.1 cm³/mol. The van der Waals surface area contributed by atoms with Gasteiger partial charge in [-0.3, -0.25) is 0 Å². The molecule has 19 heavy (non-hydrogen) atoms. The Hall–Kier alpha value is -2.07. The lowest BCUT2D eigenvalue weighted by molar-refractivity contribution is 0.403. The Morgan fingerprint density at radius 1 is 1.11 bits per heavy atom. The van der Waals surface area contributed by atoms with Crippen LogP contribution in [0.3, 0.4) is 0 Å². The summed E-state index contributed by atoms with van der Waals surface area (Å²) in [6.07, 6.45) is 0. The first-order chi connectivity index (χ1) is 9.10. The van der Waals surface area contributed by atoms with Gasteiger partial charge in [0.05, 0.1) is 12.1 Å². The quantitative estimate of drug-likeness (QED) is 0.751. The summed E-state index contributed by atoms with van der Waals surface area (Å²) in [6, 6.07) is 10.1. The van der Waals surface area contributed by atoms with Crippen LogP contribution in [0.25, 0.3) is 0 Å². The van der Waals surface area contributed by atoms with E-state index in [0.29, 0.717) is 17.3 Å². The number of halogens is 1. The molecule has 0 spiro atoms. The van der Waals surface area contributed by atoms with E-state index in [-0.39, 0.29) is 11.5 Å². The third-order valence-corrected chi connectivity index (χ3v) is 3.00. The Balaban J connectivity index is 2.07. The molecule has 0 amide bonds. The largest absolute Gasteiger partial charge is 0.504 e. The summed E-state index contributed by atoms with van der Waals surface area (Å²) >= 11 is 5.94.